The molecular weight excluding hydrogens is 401 g/mol. The van der Waals surface area contributed by atoms with Gasteiger partial charge in [-0.15, -0.1) is 10.2 Å². The Labute approximate surface area is 177 Å². The van der Waals surface area contributed by atoms with Crippen molar-refractivity contribution in [1.82, 2.24) is 14.8 Å². The van der Waals surface area contributed by atoms with E-state index >= 15 is 0 Å². The first-order valence-corrected chi connectivity index (χ1v) is 10.5. The molecule has 0 unspecified atom stereocenters. The lowest BCUT2D eigenvalue weighted by Gasteiger charge is -2.26. The minimum atomic E-state index is -0.407. The van der Waals surface area contributed by atoms with Gasteiger partial charge < -0.3 is 9.47 Å². The number of rotatable bonds is 5. The summed E-state index contributed by atoms with van der Waals surface area (Å²) in [6.45, 7) is 0.333. The monoisotopic (exact) mass is 419 g/mol. The van der Waals surface area contributed by atoms with E-state index in [4.69, 9.17) is 9.47 Å². The van der Waals surface area contributed by atoms with Gasteiger partial charge in [-0.2, -0.15) is 0 Å². The Balaban J connectivity index is 1.49. The number of para-hydroxylation sites is 3. The molecule has 1 aliphatic rings. The van der Waals surface area contributed by atoms with Gasteiger partial charge in [0.1, 0.15) is 12.4 Å². The number of hydrogen-bond donors (Lipinski definition) is 0. The van der Waals surface area contributed by atoms with Gasteiger partial charge in [-0.05, 0) is 35.9 Å². The Morgan fingerprint density at radius 3 is 2.47 bits per heavy atom. The predicted octanol–water partition coefficient (Wildman–Crippen LogP) is 5.21. The highest BCUT2D eigenvalue weighted by atomic mass is 32.2. The maximum absolute atomic E-state index is 14.1. The summed E-state index contributed by atoms with van der Waals surface area (Å²) in [5.41, 5.74) is 1.54. The van der Waals surface area contributed by atoms with Crippen LogP contribution in [0.25, 0.3) is 5.69 Å². The van der Waals surface area contributed by atoms with E-state index in [0.717, 1.165) is 5.69 Å². The van der Waals surface area contributed by atoms with Gasteiger partial charge in [0.25, 0.3) is 0 Å². The maximum Gasteiger partial charge on any atom is 0.196 e. The van der Waals surface area contributed by atoms with Gasteiger partial charge >= 0.3 is 0 Å². The SMILES string of the molecule is Fc1ccccc1CSc1nnc([C@H]2COc3ccccc3O2)n1-c1ccccc1. The van der Waals surface area contributed by atoms with Crippen molar-refractivity contribution in [2.24, 2.45) is 0 Å². The summed E-state index contributed by atoms with van der Waals surface area (Å²) in [6.07, 6.45) is -0.407. The van der Waals surface area contributed by atoms with E-state index in [1.165, 1.54) is 17.8 Å². The van der Waals surface area contributed by atoms with Crippen LogP contribution in [-0.2, 0) is 5.75 Å². The molecule has 0 spiro atoms. The third-order valence-corrected chi connectivity index (χ3v) is 5.76. The summed E-state index contributed by atoms with van der Waals surface area (Å²) in [5, 5.41) is 9.47. The Kier molecular flexibility index (Phi) is 5.11. The summed E-state index contributed by atoms with van der Waals surface area (Å²) in [7, 11) is 0. The summed E-state index contributed by atoms with van der Waals surface area (Å²) < 4.78 is 28.0. The van der Waals surface area contributed by atoms with Gasteiger partial charge in [0.15, 0.2) is 28.6 Å². The minimum Gasteiger partial charge on any atom is -0.485 e. The van der Waals surface area contributed by atoms with Crippen molar-refractivity contribution >= 4 is 11.8 Å². The molecule has 0 radical (unpaired) electrons. The van der Waals surface area contributed by atoms with Crippen LogP contribution in [0.15, 0.2) is 84.0 Å². The van der Waals surface area contributed by atoms with Gasteiger partial charge in [0.2, 0.25) is 0 Å². The van der Waals surface area contributed by atoms with Crippen LogP contribution in [0.5, 0.6) is 11.5 Å². The minimum absolute atomic E-state index is 0.225. The Bertz CT molecular complexity index is 1170. The highest BCUT2D eigenvalue weighted by molar-refractivity contribution is 7.98. The van der Waals surface area contributed by atoms with Crippen LogP contribution in [0.4, 0.5) is 4.39 Å². The number of aromatic nitrogens is 3. The van der Waals surface area contributed by atoms with Crippen molar-refractivity contribution in [3.8, 4) is 17.2 Å². The smallest absolute Gasteiger partial charge is 0.196 e. The number of fused-ring (bicyclic) bond motifs is 1. The molecule has 1 aliphatic heterocycles. The second-order valence-corrected chi connectivity index (χ2v) is 7.70. The Hall–Kier alpha value is -3.32. The second-order valence-electron chi connectivity index (χ2n) is 6.76. The molecule has 2 heterocycles. The van der Waals surface area contributed by atoms with Crippen LogP contribution in [0.3, 0.4) is 0 Å². The maximum atomic E-state index is 14.1. The fraction of sp³-hybridized carbons (Fsp3) is 0.130. The van der Waals surface area contributed by atoms with Gasteiger partial charge in [-0.3, -0.25) is 4.57 Å². The highest BCUT2D eigenvalue weighted by Crippen LogP contribution is 2.37. The average molecular weight is 419 g/mol. The standard InChI is InChI=1S/C23H18FN3O2S/c24-18-11-5-4-8-16(18)15-30-23-26-25-22(27(23)17-9-2-1-3-10-17)21-14-28-19-12-6-7-13-20(19)29-21/h1-13,21H,14-15H2/t21-/m1/s1. The summed E-state index contributed by atoms with van der Waals surface area (Å²) in [6, 6.07) is 24.2. The molecule has 0 amide bonds. The van der Waals surface area contributed by atoms with E-state index < -0.39 is 6.10 Å². The molecule has 150 valence electrons. The zero-order chi connectivity index (χ0) is 20.3. The van der Waals surface area contributed by atoms with Crippen molar-refractivity contribution < 1.29 is 13.9 Å². The molecule has 30 heavy (non-hydrogen) atoms. The van der Waals surface area contributed by atoms with E-state index in [1.807, 2.05) is 65.2 Å². The van der Waals surface area contributed by atoms with Crippen molar-refractivity contribution in [1.29, 1.82) is 0 Å². The molecule has 5 nitrogen and oxygen atoms in total. The predicted molar refractivity (Wildman–Crippen MR) is 113 cm³/mol. The average Bonchev–Trinajstić information content (AvgIpc) is 3.23. The lowest BCUT2D eigenvalue weighted by molar-refractivity contribution is 0.0835. The largest absolute Gasteiger partial charge is 0.485 e. The summed E-state index contributed by atoms with van der Waals surface area (Å²) in [4.78, 5) is 0. The van der Waals surface area contributed by atoms with Crippen molar-refractivity contribution in [2.45, 2.75) is 17.0 Å². The van der Waals surface area contributed by atoms with Crippen LogP contribution in [-0.4, -0.2) is 21.4 Å². The number of halogens is 1. The first-order valence-electron chi connectivity index (χ1n) is 9.55. The van der Waals surface area contributed by atoms with Crippen molar-refractivity contribution in [3.63, 3.8) is 0 Å². The normalized spacial score (nSPS) is 15.2. The van der Waals surface area contributed by atoms with E-state index in [1.54, 1.807) is 12.1 Å². The topological polar surface area (TPSA) is 49.2 Å². The van der Waals surface area contributed by atoms with E-state index in [2.05, 4.69) is 10.2 Å². The molecule has 0 saturated heterocycles. The quantitative estimate of drug-likeness (QED) is 0.416. The second kappa shape index (κ2) is 8.20. The van der Waals surface area contributed by atoms with Gasteiger partial charge in [-0.1, -0.05) is 60.3 Å². The zero-order valence-electron chi connectivity index (χ0n) is 15.9. The summed E-state index contributed by atoms with van der Waals surface area (Å²) in [5.74, 6) is 2.26. The number of ether oxygens (including phenoxy) is 2. The Morgan fingerprint density at radius 2 is 1.63 bits per heavy atom. The van der Waals surface area contributed by atoms with Gasteiger partial charge in [-0.25, -0.2) is 4.39 Å². The fourth-order valence-electron chi connectivity index (χ4n) is 3.31. The molecule has 3 aromatic carbocycles. The lowest BCUT2D eigenvalue weighted by Crippen LogP contribution is -2.24. The third kappa shape index (κ3) is 3.64. The van der Waals surface area contributed by atoms with Crippen molar-refractivity contribution in [3.05, 3.63) is 96.1 Å². The molecule has 0 N–H and O–H groups in total. The molecule has 5 rings (SSSR count). The van der Waals surface area contributed by atoms with E-state index in [-0.39, 0.29) is 5.82 Å². The highest BCUT2D eigenvalue weighted by Gasteiger charge is 2.29. The number of hydrogen-bond acceptors (Lipinski definition) is 5. The molecule has 4 aromatic rings. The molecule has 0 saturated carbocycles. The Morgan fingerprint density at radius 1 is 0.900 bits per heavy atom. The molecule has 0 fully saturated rings. The van der Waals surface area contributed by atoms with Gasteiger partial charge in [0.05, 0.1) is 0 Å². The number of benzene rings is 3. The number of nitrogens with zero attached hydrogens (tertiary/aromatic N) is 3. The summed E-state index contributed by atoms with van der Waals surface area (Å²) >= 11 is 1.43. The van der Waals surface area contributed by atoms with Crippen LogP contribution in [0, 0.1) is 5.82 Å². The number of thioether (sulfide) groups is 1. The third-order valence-electron chi connectivity index (χ3n) is 4.78. The zero-order valence-corrected chi connectivity index (χ0v) is 16.8. The van der Waals surface area contributed by atoms with Crippen LogP contribution >= 0.6 is 11.8 Å². The molecule has 0 aliphatic carbocycles. The molecule has 1 aromatic heterocycles. The first-order chi connectivity index (χ1) is 14.8. The molecule has 1 atom stereocenters. The molecular formula is C23H18FN3O2S. The molecule has 0 bridgehead atoms. The fourth-order valence-corrected chi connectivity index (χ4v) is 4.25. The lowest BCUT2D eigenvalue weighted by atomic mass is 10.2. The van der Waals surface area contributed by atoms with E-state index in [0.29, 0.717) is 40.4 Å². The molecule has 7 heteroatoms. The van der Waals surface area contributed by atoms with Crippen LogP contribution in [0.1, 0.15) is 17.5 Å². The van der Waals surface area contributed by atoms with Crippen LogP contribution < -0.4 is 9.47 Å². The van der Waals surface area contributed by atoms with Gasteiger partial charge in [0, 0.05) is 11.4 Å². The van der Waals surface area contributed by atoms with Crippen molar-refractivity contribution in [2.75, 3.05) is 6.61 Å². The van der Waals surface area contributed by atoms with E-state index in [9.17, 15) is 4.39 Å². The first kappa shape index (κ1) is 18.7. The van der Waals surface area contributed by atoms with Crippen LogP contribution in [0.2, 0.25) is 0 Å².